The van der Waals surface area contributed by atoms with Gasteiger partial charge in [-0.3, -0.25) is 0 Å². The van der Waals surface area contributed by atoms with Crippen molar-refractivity contribution < 1.29 is 9.94 Å². The molecule has 1 rings (SSSR count). The van der Waals surface area contributed by atoms with Crippen molar-refractivity contribution in [2.45, 2.75) is 34.1 Å². The molecule has 1 aromatic carbocycles. The number of hydrogen-bond donors (Lipinski definition) is 1. The standard InChI is InChI=1S/C14H16ClNO2.C2H6/c1-3-5-12(4-2)18-13-8-6-11(7-9-13)10-14(15)16-17;1-2/h3-9,17H,10H2,1-2H3;1-2H3/b5-3-,12-4+,16-14-;. The smallest absolute Gasteiger partial charge is 0.149 e. The maximum atomic E-state index is 8.48. The summed E-state index contributed by atoms with van der Waals surface area (Å²) in [7, 11) is 0. The number of rotatable bonds is 5. The van der Waals surface area contributed by atoms with Gasteiger partial charge in [-0.15, -0.1) is 0 Å². The van der Waals surface area contributed by atoms with E-state index in [1.165, 1.54) is 0 Å². The molecule has 0 saturated carbocycles. The predicted octanol–water partition coefficient (Wildman–Crippen LogP) is 5.14. The van der Waals surface area contributed by atoms with E-state index in [0.717, 1.165) is 17.1 Å². The molecule has 0 bridgehead atoms. The molecular weight excluding hydrogens is 274 g/mol. The lowest BCUT2D eigenvalue weighted by Crippen LogP contribution is -1.95. The third-order valence-corrected chi connectivity index (χ3v) is 2.44. The summed E-state index contributed by atoms with van der Waals surface area (Å²) < 4.78 is 5.65. The minimum Gasteiger partial charge on any atom is -0.458 e. The van der Waals surface area contributed by atoms with E-state index in [4.69, 9.17) is 21.5 Å². The molecule has 0 atom stereocenters. The summed E-state index contributed by atoms with van der Waals surface area (Å²) in [6, 6.07) is 7.46. The molecule has 0 aliphatic rings. The van der Waals surface area contributed by atoms with Crippen molar-refractivity contribution in [2.24, 2.45) is 5.16 Å². The fraction of sp³-hybridized carbons (Fsp3) is 0.312. The van der Waals surface area contributed by atoms with Gasteiger partial charge in [-0.2, -0.15) is 0 Å². The lowest BCUT2D eigenvalue weighted by Gasteiger charge is -2.06. The van der Waals surface area contributed by atoms with Gasteiger partial charge in [-0.25, -0.2) is 0 Å². The van der Waals surface area contributed by atoms with Crippen LogP contribution in [0.5, 0.6) is 5.75 Å². The number of oxime groups is 1. The Morgan fingerprint density at radius 3 is 2.30 bits per heavy atom. The number of halogens is 1. The molecule has 110 valence electrons. The van der Waals surface area contributed by atoms with Crippen LogP contribution in [-0.4, -0.2) is 10.4 Å². The maximum absolute atomic E-state index is 8.48. The van der Waals surface area contributed by atoms with Gasteiger partial charge >= 0.3 is 0 Å². The van der Waals surface area contributed by atoms with E-state index >= 15 is 0 Å². The summed E-state index contributed by atoms with van der Waals surface area (Å²) >= 11 is 5.64. The van der Waals surface area contributed by atoms with E-state index in [1.54, 1.807) is 0 Å². The average Bonchev–Trinajstić information content (AvgIpc) is 2.50. The second kappa shape index (κ2) is 11.1. The third kappa shape index (κ3) is 7.00. The van der Waals surface area contributed by atoms with Crippen LogP contribution in [0.25, 0.3) is 0 Å². The zero-order valence-corrected chi connectivity index (χ0v) is 13.2. The molecule has 0 aliphatic heterocycles. The minimum absolute atomic E-state index is 0.159. The van der Waals surface area contributed by atoms with Gasteiger partial charge in [0.1, 0.15) is 16.7 Å². The fourth-order valence-electron chi connectivity index (χ4n) is 1.37. The van der Waals surface area contributed by atoms with E-state index in [1.807, 2.05) is 70.2 Å². The number of ether oxygens (including phenoxy) is 1. The van der Waals surface area contributed by atoms with Crippen LogP contribution >= 0.6 is 11.6 Å². The second-order valence-electron chi connectivity index (χ2n) is 3.59. The normalized spacial score (nSPS) is 12.1. The minimum atomic E-state index is 0.159. The summed E-state index contributed by atoms with van der Waals surface area (Å²) in [5, 5.41) is 11.6. The molecule has 3 nitrogen and oxygen atoms in total. The molecule has 0 fully saturated rings. The summed E-state index contributed by atoms with van der Waals surface area (Å²) in [4.78, 5) is 0. The molecule has 0 unspecified atom stereocenters. The van der Waals surface area contributed by atoms with Crippen LogP contribution < -0.4 is 4.74 Å². The van der Waals surface area contributed by atoms with E-state index < -0.39 is 0 Å². The Hall–Kier alpha value is -1.74. The zero-order chi connectivity index (χ0) is 15.4. The first-order valence-electron chi connectivity index (χ1n) is 6.61. The first-order chi connectivity index (χ1) is 9.69. The Morgan fingerprint density at radius 2 is 1.85 bits per heavy atom. The lowest BCUT2D eigenvalue weighted by molar-refractivity contribution is 0.319. The SMILES string of the molecule is C/C=C\C(=C/C)Oc1ccc(C/C(Cl)=N/O)cc1.CC. The molecule has 0 heterocycles. The van der Waals surface area contributed by atoms with Crippen molar-refractivity contribution in [3.63, 3.8) is 0 Å². The number of benzene rings is 1. The zero-order valence-electron chi connectivity index (χ0n) is 12.4. The Morgan fingerprint density at radius 1 is 1.25 bits per heavy atom. The Labute approximate surface area is 126 Å². The van der Waals surface area contributed by atoms with Crippen LogP contribution in [0.15, 0.2) is 53.4 Å². The summed E-state index contributed by atoms with van der Waals surface area (Å²) in [5.74, 6) is 1.54. The van der Waals surface area contributed by atoms with Crippen LogP contribution in [0.3, 0.4) is 0 Å². The van der Waals surface area contributed by atoms with Crippen LogP contribution in [-0.2, 0) is 6.42 Å². The van der Waals surface area contributed by atoms with E-state index in [2.05, 4.69) is 5.16 Å². The summed E-state index contributed by atoms with van der Waals surface area (Å²) in [5.41, 5.74) is 0.957. The average molecular weight is 296 g/mol. The fourth-order valence-corrected chi connectivity index (χ4v) is 1.52. The van der Waals surface area contributed by atoms with E-state index in [0.29, 0.717) is 6.42 Å². The molecule has 0 aromatic heterocycles. The van der Waals surface area contributed by atoms with E-state index in [9.17, 15) is 0 Å². The van der Waals surface area contributed by atoms with Crippen LogP contribution in [0.4, 0.5) is 0 Å². The van der Waals surface area contributed by atoms with Crippen LogP contribution in [0, 0.1) is 0 Å². The van der Waals surface area contributed by atoms with Crippen molar-refractivity contribution in [2.75, 3.05) is 0 Å². The lowest BCUT2D eigenvalue weighted by atomic mass is 10.1. The molecule has 1 N–H and O–H groups in total. The summed E-state index contributed by atoms with van der Waals surface area (Å²) in [6.07, 6.45) is 6.11. The highest BCUT2D eigenvalue weighted by Gasteiger charge is 2.00. The largest absolute Gasteiger partial charge is 0.458 e. The molecule has 0 amide bonds. The quantitative estimate of drug-likeness (QED) is 0.269. The van der Waals surface area contributed by atoms with Gasteiger partial charge < -0.3 is 9.94 Å². The van der Waals surface area contributed by atoms with Crippen LogP contribution in [0.1, 0.15) is 33.3 Å². The van der Waals surface area contributed by atoms with Crippen molar-refractivity contribution in [1.29, 1.82) is 0 Å². The van der Waals surface area contributed by atoms with Crippen molar-refractivity contribution in [3.05, 3.63) is 53.8 Å². The molecule has 20 heavy (non-hydrogen) atoms. The Kier molecular flexibility index (Phi) is 10.2. The molecule has 1 aromatic rings. The highest BCUT2D eigenvalue weighted by Crippen LogP contribution is 2.16. The molecule has 0 saturated heterocycles. The van der Waals surface area contributed by atoms with Gasteiger partial charge in [-0.05, 0) is 43.7 Å². The first-order valence-corrected chi connectivity index (χ1v) is 6.99. The highest BCUT2D eigenvalue weighted by molar-refractivity contribution is 6.65. The van der Waals surface area contributed by atoms with Gasteiger partial charge in [0.05, 0.1) is 0 Å². The Bertz CT molecular complexity index is 462. The number of allylic oxidation sites excluding steroid dienone is 3. The molecule has 0 aliphatic carbocycles. The number of nitrogens with zero attached hydrogens (tertiary/aromatic N) is 1. The van der Waals surface area contributed by atoms with Gasteiger partial charge in [0.25, 0.3) is 0 Å². The summed E-state index contributed by atoms with van der Waals surface area (Å²) in [6.45, 7) is 7.85. The van der Waals surface area contributed by atoms with Crippen molar-refractivity contribution in [3.8, 4) is 5.75 Å². The monoisotopic (exact) mass is 295 g/mol. The molecule has 0 spiro atoms. The molecule has 0 radical (unpaired) electrons. The third-order valence-electron chi connectivity index (χ3n) is 2.23. The van der Waals surface area contributed by atoms with Crippen LogP contribution in [0.2, 0.25) is 0 Å². The second-order valence-corrected chi connectivity index (χ2v) is 4.03. The predicted molar refractivity (Wildman–Crippen MR) is 85.8 cm³/mol. The topological polar surface area (TPSA) is 41.8 Å². The number of hydrogen-bond acceptors (Lipinski definition) is 3. The van der Waals surface area contributed by atoms with Crippen molar-refractivity contribution >= 4 is 16.8 Å². The maximum Gasteiger partial charge on any atom is 0.149 e. The van der Waals surface area contributed by atoms with Gasteiger partial charge in [0.15, 0.2) is 0 Å². The molecule has 4 heteroatoms. The van der Waals surface area contributed by atoms with Crippen molar-refractivity contribution in [1.82, 2.24) is 0 Å². The highest BCUT2D eigenvalue weighted by atomic mass is 35.5. The Balaban J connectivity index is 0.00000172. The van der Waals surface area contributed by atoms with Gasteiger partial charge in [0, 0.05) is 6.42 Å². The van der Waals surface area contributed by atoms with E-state index in [-0.39, 0.29) is 5.17 Å². The molecular formula is C16H22ClNO2. The van der Waals surface area contributed by atoms with Gasteiger partial charge in [0.2, 0.25) is 0 Å². The first kappa shape index (κ1) is 18.3. The van der Waals surface area contributed by atoms with Gasteiger partial charge in [-0.1, -0.05) is 48.8 Å².